The third-order valence-electron chi connectivity index (χ3n) is 2.08. The molecule has 0 aliphatic carbocycles. The van der Waals surface area contributed by atoms with Gasteiger partial charge in [-0.2, -0.15) is 13.2 Å². The SMILES string of the molecule is Nc1ncc(-c2cc(F)ccc2C(F)(F)F)o1. The van der Waals surface area contributed by atoms with Crippen LogP contribution in [0.15, 0.2) is 28.8 Å². The summed E-state index contributed by atoms with van der Waals surface area (Å²) in [7, 11) is 0. The van der Waals surface area contributed by atoms with Gasteiger partial charge in [-0.25, -0.2) is 9.37 Å². The molecule has 2 aromatic rings. The van der Waals surface area contributed by atoms with Gasteiger partial charge >= 0.3 is 6.18 Å². The third-order valence-corrected chi connectivity index (χ3v) is 2.08. The van der Waals surface area contributed by atoms with Crippen LogP contribution in [0.1, 0.15) is 5.56 Å². The van der Waals surface area contributed by atoms with Gasteiger partial charge in [0.05, 0.1) is 11.8 Å². The van der Waals surface area contributed by atoms with E-state index in [1.807, 2.05) is 0 Å². The van der Waals surface area contributed by atoms with Gasteiger partial charge in [0, 0.05) is 5.56 Å². The molecule has 90 valence electrons. The second-order valence-corrected chi connectivity index (χ2v) is 3.25. The van der Waals surface area contributed by atoms with E-state index in [0.29, 0.717) is 6.07 Å². The molecule has 0 unspecified atom stereocenters. The van der Waals surface area contributed by atoms with Gasteiger partial charge in [0.25, 0.3) is 6.01 Å². The number of nitrogen functional groups attached to an aromatic ring is 1. The van der Waals surface area contributed by atoms with Crippen LogP contribution in [0.25, 0.3) is 11.3 Å². The molecule has 0 saturated heterocycles. The molecule has 1 aromatic carbocycles. The molecule has 0 radical (unpaired) electrons. The molecular weight excluding hydrogens is 240 g/mol. The first-order valence-corrected chi connectivity index (χ1v) is 4.46. The summed E-state index contributed by atoms with van der Waals surface area (Å²) in [5, 5.41) is 0. The van der Waals surface area contributed by atoms with Crippen LogP contribution in [0.4, 0.5) is 23.6 Å². The number of halogens is 4. The van der Waals surface area contributed by atoms with Gasteiger partial charge in [0.2, 0.25) is 0 Å². The predicted molar refractivity (Wildman–Crippen MR) is 51.3 cm³/mol. The highest BCUT2D eigenvalue weighted by molar-refractivity contribution is 5.63. The number of nitrogens with zero attached hydrogens (tertiary/aromatic N) is 1. The molecule has 1 aromatic heterocycles. The molecule has 17 heavy (non-hydrogen) atoms. The summed E-state index contributed by atoms with van der Waals surface area (Å²) in [6.07, 6.45) is -3.59. The average Bonchev–Trinajstić information content (AvgIpc) is 2.62. The molecule has 2 rings (SSSR count). The lowest BCUT2D eigenvalue weighted by Crippen LogP contribution is -2.07. The number of nitrogens with two attached hydrogens (primary N) is 1. The summed E-state index contributed by atoms with van der Waals surface area (Å²) in [5.74, 6) is -1.03. The Labute approximate surface area is 92.9 Å². The van der Waals surface area contributed by atoms with Crippen molar-refractivity contribution in [3.05, 3.63) is 35.8 Å². The van der Waals surface area contributed by atoms with Crippen LogP contribution in [0, 0.1) is 5.82 Å². The molecule has 0 aliphatic rings. The Morgan fingerprint density at radius 1 is 1.24 bits per heavy atom. The van der Waals surface area contributed by atoms with Crippen LogP contribution in [0.2, 0.25) is 0 Å². The van der Waals surface area contributed by atoms with Gasteiger partial charge in [0.15, 0.2) is 5.76 Å². The van der Waals surface area contributed by atoms with Crippen LogP contribution >= 0.6 is 0 Å². The summed E-state index contributed by atoms with van der Waals surface area (Å²) in [6.45, 7) is 0. The smallest absolute Gasteiger partial charge is 0.417 e. The second kappa shape index (κ2) is 3.76. The fourth-order valence-electron chi connectivity index (χ4n) is 1.38. The molecular formula is C10H6F4N2O. The van der Waals surface area contributed by atoms with Gasteiger partial charge < -0.3 is 10.2 Å². The van der Waals surface area contributed by atoms with Crippen molar-refractivity contribution in [3.8, 4) is 11.3 Å². The Morgan fingerprint density at radius 2 is 1.94 bits per heavy atom. The Bertz CT molecular complexity index is 547. The van der Waals surface area contributed by atoms with E-state index in [1.165, 1.54) is 0 Å². The van der Waals surface area contributed by atoms with Crippen molar-refractivity contribution >= 4 is 6.01 Å². The van der Waals surface area contributed by atoms with Crippen LogP contribution < -0.4 is 5.73 Å². The topological polar surface area (TPSA) is 52.0 Å². The van der Waals surface area contributed by atoms with E-state index >= 15 is 0 Å². The number of anilines is 1. The number of oxazole rings is 1. The lowest BCUT2D eigenvalue weighted by atomic mass is 10.1. The molecule has 0 amide bonds. The molecule has 0 saturated carbocycles. The van der Waals surface area contributed by atoms with E-state index < -0.39 is 23.1 Å². The van der Waals surface area contributed by atoms with Crippen LogP contribution in [0.5, 0.6) is 0 Å². The number of aromatic nitrogens is 1. The minimum Gasteiger partial charge on any atom is -0.424 e. The molecule has 0 atom stereocenters. The van der Waals surface area contributed by atoms with Gasteiger partial charge in [-0.15, -0.1) is 0 Å². The minimum atomic E-state index is -4.61. The Kier molecular flexibility index (Phi) is 2.53. The molecule has 0 bridgehead atoms. The van der Waals surface area contributed by atoms with E-state index in [0.717, 1.165) is 18.3 Å². The maximum atomic E-state index is 13.0. The Morgan fingerprint density at radius 3 is 2.47 bits per heavy atom. The van der Waals surface area contributed by atoms with Gasteiger partial charge in [-0.1, -0.05) is 0 Å². The normalized spacial score (nSPS) is 11.8. The monoisotopic (exact) mass is 246 g/mol. The molecule has 0 fully saturated rings. The molecule has 0 aliphatic heterocycles. The third kappa shape index (κ3) is 2.22. The highest BCUT2D eigenvalue weighted by atomic mass is 19.4. The summed E-state index contributed by atoms with van der Waals surface area (Å²) >= 11 is 0. The summed E-state index contributed by atoms with van der Waals surface area (Å²) in [5.41, 5.74) is 3.73. The van der Waals surface area contributed by atoms with Crippen molar-refractivity contribution in [2.75, 3.05) is 5.73 Å². The fraction of sp³-hybridized carbons (Fsp3) is 0.100. The zero-order chi connectivity index (χ0) is 12.6. The minimum absolute atomic E-state index is 0.227. The van der Waals surface area contributed by atoms with Crippen LogP contribution in [-0.4, -0.2) is 4.98 Å². The first-order valence-electron chi connectivity index (χ1n) is 4.46. The van der Waals surface area contributed by atoms with E-state index in [4.69, 9.17) is 10.2 Å². The Balaban J connectivity index is 2.63. The number of benzene rings is 1. The highest BCUT2D eigenvalue weighted by Gasteiger charge is 2.34. The zero-order valence-electron chi connectivity index (χ0n) is 8.25. The molecule has 1 heterocycles. The van der Waals surface area contributed by atoms with Crippen LogP contribution in [0.3, 0.4) is 0 Å². The van der Waals surface area contributed by atoms with E-state index in [1.54, 1.807) is 0 Å². The van der Waals surface area contributed by atoms with Crippen LogP contribution in [-0.2, 0) is 6.18 Å². The molecule has 7 heteroatoms. The second-order valence-electron chi connectivity index (χ2n) is 3.25. The standard InChI is InChI=1S/C10H6F4N2O/c11-5-1-2-7(10(12,13)14)6(3-5)8-4-16-9(15)17-8/h1-4H,(H2,15,16). The maximum Gasteiger partial charge on any atom is 0.417 e. The quantitative estimate of drug-likeness (QED) is 0.786. The highest BCUT2D eigenvalue weighted by Crippen LogP contribution is 2.37. The van der Waals surface area contributed by atoms with E-state index in [9.17, 15) is 17.6 Å². The van der Waals surface area contributed by atoms with E-state index in [2.05, 4.69) is 4.98 Å². The first-order chi connectivity index (χ1) is 7.88. The number of rotatable bonds is 1. The van der Waals surface area contributed by atoms with Crippen molar-refractivity contribution in [2.24, 2.45) is 0 Å². The zero-order valence-corrected chi connectivity index (χ0v) is 8.25. The van der Waals surface area contributed by atoms with Gasteiger partial charge in [-0.05, 0) is 18.2 Å². The number of hydrogen-bond donors (Lipinski definition) is 1. The lowest BCUT2D eigenvalue weighted by Gasteiger charge is -2.10. The average molecular weight is 246 g/mol. The van der Waals surface area contributed by atoms with Crippen molar-refractivity contribution in [1.29, 1.82) is 0 Å². The number of alkyl halides is 3. The summed E-state index contributed by atoms with van der Waals surface area (Å²) in [6, 6.07) is 1.82. The lowest BCUT2D eigenvalue weighted by molar-refractivity contribution is -0.137. The summed E-state index contributed by atoms with van der Waals surface area (Å²) in [4.78, 5) is 3.47. The van der Waals surface area contributed by atoms with E-state index in [-0.39, 0.29) is 11.8 Å². The van der Waals surface area contributed by atoms with Crippen molar-refractivity contribution in [3.63, 3.8) is 0 Å². The fourth-order valence-corrected chi connectivity index (χ4v) is 1.38. The van der Waals surface area contributed by atoms with Crippen molar-refractivity contribution in [2.45, 2.75) is 6.18 Å². The largest absolute Gasteiger partial charge is 0.424 e. The maximum absolute atomic E-state index is 13.0. The first kappa shape index (κ1) is 11.4. The number of hydrogen-bond acceptors (Lipinski definition) is 3. The van der Waals surface area contributed by atoms with Crippen molar-refractivity contribution in [1.82, 2.24) is 4.98 Å². The molecule has 3 nitrogen and oxygen atoms in total. The Hall–Kier alpha value is -2.05. The van der Waals surface area contributed by atoms with Crippen molar-refractivity contribution < 1.29 is 22.0 Å². The predicted octanol–water partition coefficient (Wildman–Crippen LogP) is 3.08. The molecule has 2 N–H and O–H groups in total. The van der Waals surface area contributed by atoms with Gasteiger partial charge in [-0.3, -0.25) is 0 Å². The van der Waals surface area contributed by atoms with Gasteiger partial charge in [0.1, 0.15) is 5.82 Å². The summed E-state index contributed by atoms with van der Waals surface area (Å²) < 4.78 is 55.7. The molecule has 0 spiro atoms.